The maximum Gasteiger partial charge on any atom is 0.349 e. The van der Waals surface area contributed by atoms with E-state index in [2.05, 4.69) is 18.4 Å². The smallest absolute Gasteiger partial charge is 0.349 e. The molecule has 0 radical (unpaired) electrons. The van der Waals surface area contributed by atoms with Crippen LogP contribution in [0.2, 0.25) is 5.02 Å². The molecule has 0 aliphatic rings. The van der Waals surface area contributed by atoms with E-state index in [-0.39, 0.29) is 43.7 Å². The number of hydrogen-bond donors (Lipinski definition) is 2. The van der Waals surface area contributed by atoms with Crippen LogP contribution >= 0.6 is 11.6 Å². The molecule has 5 rings (SSSR count). The highest BCUT2D eigenvalue weighted by Gasteiger charge is 2.32. The zero-order valence-corrected chi connectivity index (χ0v) is 33.4. The first kappa shape index (κ1) is 42.8. The molecule has 0 saturated carbocycles. The Labute approximate surface area is 337 Å². The van der Waals surface area contributed by atoms with Gasteiger partial charge in [0.25, 0.3) is 0 Å². The molecule has 300 valence electrons. The van der Waals surface area contributed by atoms with Crippen molar-refractivity contribution in [2.24, 2.45) is 0 Å². The van der Waals surface area contributed by atoms with Gasteiger partial charge in [-0.2, -0.15) is 0 Å². The number of carbonyl (C=O) groups excluding carboxylic acids is 3. The van der Waals surface area contributed by atoms with Crippen molar-refractivity contribution in [3.8, 4) is 16.9 Å². The van der Waals surface area contributed by atoms with Crippen molar-refractivity contribution >= 4 is 46.3 Å². The van der Waals surface area contributed by atoms with E-state index in [1.54, 1.807) is 80.6 Å². The summed E-state index contributed by atoms with van der Waals surface area (Å²) < 4.78 is 32.5. The third-order valence-electron chi connectivity index (χ3n) is 9.36. The van der Waals surface area contributed by atoms with E-state index in [1.807, 2.05) is 30.3 Å². The number of ketones is 1. The molecule has 0 aliphatic heterocycles. The number of ether oxygens (including phenoxy) is 3. The van der Waals surface area contributed by atoms with Gasteiger partial charge >= 0.3 is 11.9 Å². The van der Waals surface area contributed by atoms with Crippen molar-refractivity contribution in [2.75, 3.05) is 13.2 Å². The molecule has 4 aromatic carbocycles. The van der Waals surface area contributed by atoms with E-state index in [4.69, 9.17) is 25.8 Å². The molecule has 0 amide bonds. The van der Waals surface area contributed by atoms with Crippen molar-refractivity contribution in [3.05, 3.63) is 131 Å². The van der Waals surface area contributed by atoms with Gasteiger partial charge in [-0.3, -0.25) is 9.59 Å². The molecule has 0 fully saturated rings. The number of aliphatic hydroxyl groups excluding tert-OH is 2. The van der Waals surface area contributed by atoms with Gasteiger partial charge in [0.2, 0.25) is 0 Å². The van der Waals surface area contributed by atoms with Crippen LogP contribution < -0.4 is 4.74 Å². The molecule has 11 heteroatoms. The maximum absolute atomic E-state index is 13.8. The highest BCUT2D eigenvalue weighted by atomic mass is 35.5. The predicted octanol–water partition coefficient (Wildman–Crippen LogP) is 9.54. The zero-order valence-electron chi connectivity index (χ0n) is 32.6. The minimum absolute atomic E-state index is 0.0693. The second-order valence-corrected chi connectivity index (χ2v) is 15.1. The molecule has 0 aliphatic carbocycles. The molecule has 2 N–H and O–H groups in total. The summed E-state index contributed by atoms with van der Waals surface area (Å²) in [6.07, 6.45) is 2.61. The van der Waals surface area contributed by atoms with Gasteiger partial charge in [-0.1, -0.05) is 48.0 Å². The molecular formula is C46H49ClFNO8. The van der Waals surface area contributed by atoms with Crippen LogP contribution in [0, 0.1) is 5.82 Å². The van der Waals surface area contributed by atoms with Gasteiger partial charge in [-0.15, -0.1) is 0 Å². The Balaban J connectivity index is 1.01. The van der Waals surface area contributed by atoms with Crippen LogP contribution in [0.1, 0.15) is 87.5 Å². The highest BCUT2D eigenvalue weighted by Crippen LogP contribution is 2.38. The number of fused-ring (bicyclic) bond motifs is 1. The van der Waals surface area contributed by atoms with Gasteiger partial charge in [0, 0.05) is 50.8 Å². The number of para-hydroxylation sites is 1. The lowest BCUT2D eigenvalue weighted by atomic mass is 10.0. The molecule has 1 aromatic heterocycles. The van der Waals surface area contributed by atoms with Crippen LogP contribution in [0.5, 0.6) is 5.75 Å². The van der Waals surface area contributed by atoms with Gasteiger partial charge in [-0.25, -0.2) is 9.18 Å². The van der Waals surface area contributed by atoms with Crippen molar-refractivity contribution < 1.29 is 43.2 Å². The second-order valence-electron chi connectivity index (χ2n) is 14.7. The number of benzene rings is 4. The normalized spacial score (nSPS) is 12.9. The van der Waals surface area contributed by atoms with Crippen LogP contribution in [0.15, 0.2) is 103 Å². The lowest BCUT2D eigenvalue weighted by molar-refractivity contribution is -0.159. The summed E-state index contributed by atoms with van der Waals surface area (Å²) in [7, 11) is 0. The fourth-order valence-corrected chi connectivity index (χ4v) is 6.63. The summed E-state index contributed by atoms with van der Waals surface area (Å²) >= 11 is 5.91. The van der Waals surface area contributed by atoms with E-state index in [1.165, 1.54) is 12.1 Å². The molecule has 0 bridgehead atoms. The predicted molar refractivity (Wildman–Crippen MR) is 220 cm³/mol. The molecule has 9 nitrogen and oxygen atoms in total. The summed E-state index contributed by atoms with van der Waals surface area (Å²) in [6, 6.07) is 27.5. The van der Waals surface area contributed by atoms with Crippen LogP contribution in [0.25, 0.3) is 28.1 Å². The first-order chi connectivity index (χ1) is 27.2. The van der Waals surface area contributed by atoms with E-state index in [0.29, 0.717) is 41.2 Å². The summed E-state index contributed by atoms with van der Waals surface area (Å²) in [6.45, 7) is 7.62. The molecule has 2 atom stereocenters. The van der Waals surface area contributed by atoms with Gasteiger partial charge < -0.3 is 29.0 Å². The number of rotatable bonds is 19. The molecular weight excluding hydrogens is 749 g/mol. The molecule has 57 heavy (non-hydrogen) atoms. The summed E-state index contributed by atoms with van der Waals surface area (Å²) in [4.78, 5) is 37.9. The Hall–Kier alpha value is -5.29. The fourth-order valence-electron chi connectivity index (χ4n) is 6.50. The third kappa shape index (κ3) is 11.6. The van der Waals surface area contributed by atoms with Crippen LogP contribution in [-0.4, -0.2) is 63.5 Å². The Bertz CT molecular complexity index is 2160. The topological polar surface area (TPSA) is 124 Å². The van der Waals surface area contributed by atoms with Gasteiger partial charge in [0.1, 0.15) is 11.6 Å². The van der Waals surface area contributed by atoms with Crippen molar-refractivity contribution in [1.82, 2.24) is 4.57 Å². The first-order valence-electron chi connectivity index (χ1n) is 19.1. The number of carbonyl (C=O) groups is 3. The average Bonchev–Trinajstić information content (AvgIpc) is 3.51. The SMILES string of the molecule is CC(C)n1c(/C=C/[C@@H](O)C[C@@H](O)CC(=O)OCCCCCOC(=O)C(C)(C)Oc2ccc(C(=O)c3ccc(Cl)cc3)cc2)c(-c2ccc(F)cc2)c2ccccc21. The van der Waals surface area contributed by atoms with Crippen molar-refractivity contribution in [2.45, 2.75) is 83.6 Å². The standard InChI is InChI=1S/C46H49ClFNO8/c1-30(2)49-40-11-7-6-10-39(40)43(31-14-20-35(48)21-15-31)41(49)25-22-36(50)28-37(51)29-42(52)55-26-8-5-9-27-56-45(54)46(3,4)57-38-23-16-33(17-24-38)44(53)32-12-18-34(47)19-13-32/h6-7,10-25,30,36-37,50-51H,5,8-9,26-29H2,1-4H3/b25-22+/t36-,37-/m1/s1. The zero-order chi connectivity index (χ0) is 41.1. The number of nitrogens with zero attached hydrogens (tertiary/aromatic N) is 1. The molecule has 5 aromatic rings. The summed E-state index contributed by atoms with van der Waals surface area (Å²) in [5.41, 5.74) is 3.29. The fraction of sp³-hybridized carbons (Fsp3) is 0.326. The molecule has 1 heterocycles. The highest BCUT2D eigenvalue weighted by molar-refractivity contribution is 6.30. The Kier molecular flexibility index (Phi) is 14.8. The molecule has 0 spiro atoms. The minimum Gasteiger partial charge on any atom is -0.476 e. The number of halogens is 2. The Morgan fingerprint density at radius 2 is 1.44 bits per heavy atom. The number of unbranched alkanes of at least 4 members (excludes halogenated alkanes) is 2. The van der Waals surface area contributed by atoms with Crippen LogP contribution in [0.3, 0.4) is 0 Å². The van der Waals surface area contributed by atoms with E-state index < -0.39 is 29.7 Å². The lowest BCUT2D eigenvalue weighted by Crippen LogP contribution is -2.39. The number of aromatic nitrogens is 1. The lowest BCUT2D eigenvalue weighted by Gasteiger charge is -2.24. The largest absolute Gasteiger partial charge is 0.476 e. The number of esters is 2. The van der Waals surface area contributed by atoms with Crippen LogP contribution in [0.4, 0.5) is 4.39 Å². The molecule has 0 saturated heterocycles. The average molecular weight is 798 g/mol. The van der Waals surface area contributed by atoms with E-state index in [0.717, 1.165) is 27.7 Å². The van der Waals surface area contributed by atoms with E-state index in [9.17, 15) is 29.0 Å². The monoisotopic (exact) mass is 797 g/mol. The third-order valence-corrected chi connectivity index (χ3v) is 9.61. The summed E-state index contributed by atoms with van der Waals surface area (Å²) in [5, 5.41) is 22.9. The van der Waals surface area contributed by atoms with Crippen molar-refractivity contribution in [3.63, 3.8) is 0 Å². The second kappa shape index (κ2) is 19.7. The molecule has 0 unspecified atom stereocenters. The summed E-state index contributed by atoms with van der Waals surface area (Å²) in [5.74, 6) is -1.21. The Morgan fingerprint density at radius 1 is 0.825 bits per heavy atom. The van der Waals surface area contributed by atoms with Gasteiger partial charge in [0.05, 0.1) is 31.8 Å². The maximum atomic E-state index is 13.8. The van der Waals surface area contributed by atoms with Gasteiger partial charge in [0.15, 0.2) is 11.4 Å². The minimum atomic E-state index is -1.28. The quantitative estimate of drug-likeness (QED) is 0.0481. The Morgan fingerprint density at radius 3 is 2.09 bits per heavy atom. The van der Waals surface area contributed by atoms with E-state index >= 15 is 0 Å². The van der Waals surface area contributed by atoms with Gasteiger partial charge in [-0.05, 0) is 125 Å². The number of aliphatic hydroxyl groups is 2. The van der Waals surface area contributed by atoms with Crippen LogP contribution in [-0.2, 0) is 19.1 Å². The van der Waals surface area contributed by atoms with Crippen molar-refractivity contribution in [1.29, 1.82) is 0 Å². The first-order valence-corrected chi connectivity index (χ1v) is 19.5. The number of hydrogen-bond acceptors (Lipinski definition) is 8.